The fourth-order valence-corrected chi connectivity index (χ4v) is 4.11. The molecule has 0 bridgehead atoms. The van der Waals surface area contributed by atoms with E-state index >= 15 is 0 Å². The zero-order chi connectivity index (χ0) is 16.4. The average molecular weight is 349 g/mol. The SMILES string of the molecule is CCc1ccc(S(=O)(=O)NCc2ccc(C(F)(F)F)cc2)s1. The van der Waals surface area contributed by atoms with Crippen molar-refractivity contribution in [3.05, 3.63) is 52.4 Å². The van der Waals surface area contributed by atoms with Crippen molar-refractivity contribution in [3.63, 3.8) is 0 Å². The molecule has 1 N–H and O–H groups in total. The van der Waals surface area contributed by atoms with Crippen LogP contribution >= 0.6 is 11.3 Å². The summed E-state index contributed by atoms with van der Waals surface area (Å²) in [6.45, 7) is 1.87. The Morgan fingerprint density at radius 3 is 2.23 bits per heavy atom. The van der Waals surface area contributed by atoms with E-state index in [-0.39, 0.29) is 10.8 Å². The van der Waals surface area contributed by atoms with Crippen molar-refractivity contribution in [2.24, 2.45) is 0 Å². The minimum atomic E-state index is -4.40. The third-order valence-corrected chi connectivity index (χ3v) is 6.12. The quantitative estimate of drug-likeness (QED) is 0.892. The molecule has 0 radical (unpaired) electrons. The van der Waals surface area contributed by atoms with Gasteiger partial charge in [-0.15, -0.1) is 11.3 Å². The van der Waals surface area contributed by atoms with Gasteiger partial charge in [-0.1, -0.05) is 19.1 Å². The van der Waals surface area contributed by atoms with E-state index in [0.29, 0.717) is 5.56 Å². The monoisotopic (exact) mass is 349 g/mol. The number of benzene rings is 1. The van der Waals surface area contributed by atoms with Gasteiger partial charge in [0.25, 0.3) is 0 Å². The van der Waals surface area contributed by atoms with Gasteiger partial charge in [0.15, 0.2) is 0 Å². The van der Waals surface area contributed by atoms with Crippen molar-refractivity contribution in [3.8, 4) is 0 Å². The van der Waals surface area contributed by atoms with Gasteiger partial charge >= 0.3 is 6.18 Å². The number of halogens is 3. The van der Waals surface area contributed by atoms with Gasteiger partial charge in [0.2, 0.25) is 10.0 Å². The zero-order valence-electron chi connectivity index (χ0n) is 11.6. The molecule has 120 valence electrons. The van der Waals surface area contributed by atoms with Gasteiger partial charge < -0.3 is 0 Å². The van der Waals surface area contributed by atoms with E-state index < -0.39 is 21.8 Å². The summed E-state index contributed by atoms with van der Waals surface area (Å²) in [5.41, 5.74) is -0.297. The zero-order valence-corrected chi connectivity index (χ0v) is 13.3. The van der Waals surface area contributed by atoms with Crippen molar-refractivity contribution < 1.29 is 21.6 Å². The van der Waals surface area contributed by atoms with Crippen LogP contribution in [0.5, 0.6) is 0 Å². The summed E-state index contributed by atoms with van der Waals surface area (Å²) in [5, 5.41) is 0. The summed E-state index contributed by atoms with van der Waals surface area (Å²) < 4.78 is 64.1. The fourth-order valence-electron chi connectivity index (χ4n) is 1.75. The molecule has 0 aliphatic carbocycles. The Morgan fingerprint density at radius 1 is 1.09 bits per heavy atom. The normalized spacial score (nSPS) is 12.5. The molecule has 22 heavy (non-hydrogen) atoms. The van der Waals surface area contributed by atoms with Crippen LogP contribution in [0.3, 0.4) is 0 Å². The summed E-state index contributed by atoms with van der Waals surface area (Å²) in [6.07, 6.45) is -3.65. The van der Waals surface area contributed by atoms with Crippen LogP contribution in [0.15, 0.2) is 40.6 Å². The second kappa shape index (κ2) is 6.39. The van der Waals surface area contributed by atoms with Crippen LogP contribution in [0.25, 0.3) is 0 Å². The second-order valence-electron chi connectivity index (χ2n) is 4.59. The number of sulfonamides is 1. The van der Waals surface area contributed by atoms with Gasteiger partial charge in [-0.2, -0.15) is 13.2 Å². The molecule has 0 unspecified atom stereocenters. The van der Waals surface area contributed by atoms with Gasteiger partial charge in [-0.25, -0.2) is 13.1 Å². The van der Waals surface area contributed by atoms with Crippen molar-refractivity contribution in [1.29, 1.82) is 0 Å². The Balaban J connectivity index is 2.06. The first-order chi connectivity index (χ1) is 10.2. The lowest BCUT2D eigenvalue weighted by Gasteiger charge is -2.08. The van der Waals surface area contributed by atoms with Crippen LogP contribution in [0.4, 0.5) is 13.2 Å². The maximum absolute atomic E-state index is 12.4. The van der Waals surface area contributed by atoms with Gasteiger partial charge in [0.05, 0.1) is 5.56 Å². The standard InChI is InChI=1S/C14H14F3NO2S2/c1-2-12-7-8-13(21-12)22(19,20)18-9-10-3-5-11(6-4-10)14(15,16)17/h3-8,18H,2,9H2,1H3. The van der Waals surface area contributed by atoms with Crippen molar-refractivity contribution in [1.82, 2.24) is 4.72 Å². The predicted octanol–water partition coefficient (Wildman–Crippen LogP) is 3.81. The molecule has 3 nitrogen and oxygen atoms in total. The number of nitrogens with one attached hydrogen (secondary N) is 1. The Kier molecular flexibility index (Phi) is 4.93. The molecular weight excluding hydrogens is 335 g/mol. The van der Waals surface area contributed by atoms with Crippen molar-refractivity contribution in [2.75, 3.05) is 0 Å². The maximum atomic E-state index is 12.4. The van der Waals surface area contributed by atoms with Crippen LogP contribution < -0.4 is 4.72 Å². The molecular formula is C14H14F3NO2S2. The highest BCUT2D eigenvalue weighted by Crippen LogP contribution is 2.29. The molecule has 1 heterocycles. The molecule has 2 rings (SSSR count). The minimum absolute atomic E-state index is 0.0557. The van der Waals surface area contributed by atoms with Gasteiger partial charge in [0.1, 0.15) is 4.21 Å². The number of hydrogen-bond acceptors (Lipinski definition) is 3. The van der Waals surface area contributed by atoms with E-state index in [2.05, 4.69) is 4.72 Å². The molecule has 0 aliphatic rings. The highest BCUT2D eigenvalue weighted by atomic mass is 32.2. The van der Waals surface area contributed by atoms with Gasteiger partial charge in [-0.05, 0) is 36.2 Å². The van der Waals surface area contributed by atoms with Crippen LogP contribution in [0, 0.1) is 0 Å². The van der Waals surface area contributed by atoms with E-state index in [1.165, 1.54) is 29.5 Å². The first kappa shape index (κ1) is 17.0. The Labute approximate surface area is 130 Å². The second-order valence-corrected chi connectivity index (χ2v) is 7.76. The molecule has 1 aromatic carbocycles. The van der Waals surface area contributed by atoms with Crippen LogP contribution in [0.1, 0.15) is 22.9 Å². The number of aryl methyl sites for hydroxylation is 1. The fraction of sp³-hybridized carbons (Fsp3) is 0.286. The van der Waals surface area contributed by atoms with E-state index in [9.17, 15) is 21.6 Å². The van der Waals surface area contributed by atoms with E-state index in [1.54, 1.807) is 6.07 Å². The van der Waals surface area contributed by atoms with Crippen molar-refractivity contribution in [2.45, 2.75) is 30.3 Å². The number of rotatable bonds is 5. The Bertz CT molecular complexity index is 734. The smallest absolute Gasteiger partial charge is 0.206 e. The van der Waals surface area contributed by atoms with Crippen LogP contribution in [0.2, 0.25) is 0 Å². The van der Waals surface area contributed by atoms with E-state index in [4.69, 9.17) is 0 Å². The Morgan fingerprint density at radius 2 is 1.73 bits per heavy atom. The molecule has 0 atom stereocenters. The molecule has 0 spiro atoms. The molecule has 2 aromatic rings. The lowest BCUT2D eigenvalue weighted by molar-refractivity contribution is -0.137. The molecule has 8 heteroatoms. The maximum Gasteiger partial charge on any atom is 0.416 e. The van der Waals surface area contributed by atoms with Gasteiger partial charge in [0, 0.05) is 11.4 Å². The molecule has 0 amide bonds. The highest BCUT2D eigenvalue weighted by molar-refractivity contribution is 7.91. The van der Waals surface area contributed by atoms with Crippen LogP contribution in [-0.2, 0) is 29.2 Å². The molecule has 1 aromatic heterocycles. The summed E-state index contributed by atoms with van der Waals surface area (Å²) in [6, 6.07) is 7.67. The minimum Gasteiger partial charge on any atom is -0.206 e. The third kappa shape index (κ3) is 4.08. The molecule has 0 aliphatic heterocycles. The lowest BCUT2D eigenvalue weighted by Crippen LogP contribution is -2.22. The number of thiophene rings is 1. The first-order valence-corrected chi connectivity index (χ1v) is 8.77. The third-order valence-electron chi connectivity index (χ3n) is 3.00. The highest BCUT2D eigenvalue weighted by Gasteiger charge is 2.29. The van der Waals surface area contributed by atoms with Gasteiger partial charge in [-0.3, -0.25) is 0 Å². The first-order valence-electron chi connectivity index (χ1n) is 6.47. The molecule has 0 saturated carbocycles. The Hall–Kier alpha value is -1.38. The van der Waals surface area contributed by atoms with Crippen LogP contribution in [-0.4, -0.2) is 8.42 Å². The molecule has 0 saturated heterocycles. The number of hydrogen-bond donors (Lipinski definition) is 1. The summed E-state index contributed by atoms with van der Waals surface area (Å²) >= 11 is 1.18. The lowest BCUT2D eigenvalue weighted by atomic mass is 10.1. The van der Waals surface area contributed by atoms with Crippen molar-refractivity contribution >= 4 is 21.4 Å². The average Bonchev–Trinajstić information content (AvgIpc) is 2.94. The predicted molar refractivity (Wildman–Crippen MR) is 79.2 cm³/mol. The number of alkyl halides is 3. The summed E-state index contributed by atoms with van der Waals surface area (Å²) in [5.74, 6) is 0. The van der Waals surface area contributed by atoms with E-state index in [0.717, 1.165) is 23.4 Å². The summed E-state index contributed by atoms with van der Waals surface area (Å²) in [7, 11) is -3.64. The largest absolute Gasteiger partial charge is 0.416 e. The topological polar surface area (TPSA) is 46.2 Å². The summed E-state index contributed by atoms with van der Waals surface area (Å²) in [4.78, 5) is 0.954. The molecule has 0 fully saturated rings. The van der Waals surface area contributed by atoms with E-state index in [1.807, 2.05) is 6.92 Å².